The third-order valence-corrected chi connectivity index (χ3v) is 5.86. The number of alkyl halides is 3. The fraction of sp³-hybridized carbons (Fsp3) is 0.458. The van der Waals surface area contributed by atoms with Gasteiger partial charge in [-0.2, -0.15) is 13.2 Å². The van der Waals surface area contributed by atoms with Gasteiger partial charge in [0, 0.05) is 45.4 Å². The smallest absolute Gasteiger partial charge is 0.405 e. The summed E-state index contributed by atoms with van der Waals surface area (Å²) < 4.78 is 45.6. The summed E-state index contributed by atoms with van der Waals surface area (Å²) in [7, 11) is 9.07. The maximum Gasteiger partial charge on any atom is 0.405 e. The van der Waals surface area contributed by atoms with Crippen LogP contribution in [0, 0.1) is 0 Å². The number of para-hydroxylation sites is 1. The molecular weight excluding hydrogens is 459 g/mol. The molecule has 0 bridgehead atoms. The van der Waals surface area contributed by atoms with Crippen LogP contribution >= 0.6 is 0 Å². The molecule has 3 rings (SSSR count). The number of rotatable bonds is 8. The SMILES string of the molecule is CN=C(Nc1cc(N)c(N(C)CCN(C)C)cc1OC)NC1Cc2ccccc2N1CC(F)(F)F. The zero-order chi connectivity index (χ0) is 25.8. The van der Waals surface area contributed by atoms with E-state index in [-0.39, 0.29) is 0 Å². The molecule has 1 heterocycles. The molecule has 1 atom stereocenters. The fourth-order valence-corrected chi connectivity index (χ4v) is 4.06. The highest BCUT2D eigenvalue weighted by atomic mass is 19.4. The summed E-state index contributed by atoms with van der Waals surface area (Å²) in [6.07, 6.45) is -4.57. The minimum absolute atomic E-state index is 0.307. The summed E-state index contributed by atoms with van der Waals surface area (Å²) in [4.78, 5) is 9.67. The summed E-state index contributed by atoms with van der Waals surface area (Å²) in [5.41, 5.74) is 9.66. The van der Waals surface area contributed by atoms with Crippen molar-refractivity contribution in [1.29, 1.82) is 0 Å². The molecule has 0 aromatic heterocycles. The molecule has 1 unspecified atom stereocenters. The van der Waals surface area contributed by atoms with Crippen molar-refractivity contribution in [2.75, 3.05) is 75.8 Å². The second-order valence-corrected chi connectivity index (χ2v) is 8.77. The average Bonchev–Trinajstić information content (AvgIpc) is 3.12. The first-order chi connectivity index (χ1) is 16.5. The Morgan fingerprint density at radius 3 is 2.54 bits per heavy atom. The Kier molecular flexibility index (Phi) is 8.21. The first-order valence-electron chi connectivity index (χ1n) is 11.3. The van der Waals surface area contributed by atoms with Crippen molar-refractivity contribution < 1.29 is 17.9 Å². The van der Waals surface area contributed by atoms with Gasteiger partial charge in [-0.05, 0) is 31.8 Å². The lowest BCUT2D eigenvalue weighted by atomic mass is 10.1. The lowest BCUT2D eigenvalue weighted by Gasteiger charge is -2.30. The lowest BCUT2D eigenvalue weighted by molar-refractivity contribution is -0.120. The van der Waals surface area contributed by atoms with Crippen LogP contribution in [0.5, 0.6) is 5.75 Å². The quantitative estimate of drug-likeness (QED) is 0.296. The molecule has 0 amide bonds. The van der Waals surface area contributed by atoms with E-state index in [4.69, 9.17) is 10.5 Å². The topological polar surface area (TPSA) is 81.4 Å². The summed E-state index contributed by atoms with van der Waals surface area (Å²) in [6.45, 7) is 0.559. The van der Waals surface area contributed by atoms with E-state index in [1.165, 1.54) is 4.90 Å². The molecule has 35 heavy (non-hydrogen) atoms. The van der Waals surface area contributed by atoms with Crippen LogP contribution in [-0.2, 0) is 6.42 Å². The molecule has 192 valence electrons. The van der Waals surface area contributed by atoms with E-state index in [0.29, 0.717) is 35.2 Å². The Bertz CT molecular complexity index is 1040. The normalized spacial score (nSPS) is 15.9. The molecule has 0 fully saturated rings. The van der Waals surface area contributed by atoms with E-state index in [0.717, 1.165) is 24.3 Å². The average molecular weight is 494 g/mol. The van der Waals surface area contributed by atoms with Crippen molar-refractivity contribution in [3.05, 3.63) is 42.0 Å². The first kappa shape index (κ1) is 26.3. The van der Waals surface area contributed by atoms with Crippen molar-refractivity contribution in [2.24, 2.45) is 4.99 Å². The Balaban J connectivity index is 1.80. The molecule has 1 aliphatic heterocycles. The van der Waals surface area contributed by atoms with Crippen molar-refractivity contribution >= 4 is 28.7 Å². The Labute approximate surface area is 204 Å². The van der Waals surface area contributed by atoms with Gasteiger partial charge in [-0.3, -0.25) is 4.99 Å². The number of anilines is 4. The van der Waals surface area contributed by atoms with Gasteiger partial charge >= 0.3 is 6.18 Å². The van der Waals surface area contributed by atoms with E-state index in [2.05, 4.69) is 20.5 Å². The number of ether oxygens (including phenoxy) is 1. The summed E-state index contributed by atoms with van der Waals surface area (Å²) in [5.74, 6) is 0.845. The van der Waals surface area contributed by atoms with Gasteiger partial charge in [0.05, 0.1) is 24.2 Å². The number of methoxy groups -OCH3 is 1. The van der Waals surface area contributed by atoms with E-state index >= 15 is 0 Å². The van der Waals surface area contributed by atoms with Gasteiger partial charge in [0.1, 0.15) is 18.5 Å². The Hall–Kier alpha value is -3.34. The van der Waals surface area contributed by atoms with Crippen molar-refractivity contribution in [3.8, 4) is 5.75 Å². The van der Waals surface area contributed by atoms with Crippen LogP contribution in [0.15, 0.2) is 41.4 Å². The van der Waals surface area contributed by atoms with Crippen LogP contribution in [0.1, 0.15) is 5.56 Å². The van der Waals surface area contributed by atoms with E-state index < -0.39 is 18.9 Å². The zero-order valence-electron chi connectivity index (χ0n) is 20.8. The minimum Gasteiger partial charge on any atom is -0.494 e. The van der Waals surface area contributed by atoms with Gasteiger partial charge in [-0.1, -0.05) is 18.2 Å². The number of benzene rings is 2. The van der Waals surface area contributed by atoms with Crippen LogP contribution in [0.25, 0.3) is 0 Å². The maximum atomic E-state index is 13.3. The van der Waals surface area contributed by atoms with E-state index in [9.17, 15) is 13.2 Å². The van der Waals surface area contributed by atoms with Gasteiger partial charge < -0.3 is 35.8 Å². The second kappa shape index (κ2) is 10.9. The molecule has 4 N–H and O–H groups in total. The van der Waals surface area contributed by atoms with Gasteiger partial charge in [-0.25, -0.2) is 0 Å². The van der Waals surface area contributed by atoms with Crippen LogP contribution in [0.3, 0.4) is 0 Å². The molecule has 0 saturated carbocycles. The molecule has 2 aromatic carbocycles. The molecule has 0 aliphatic carbocycles. The third-order valence-electron chi connectivity index (χ3n) is 5.86. The van der Waals surface area contributed by atoms with Gasteiger partial charge in [0.2, 0.25) is 0 Å². The highest BCUT2D eigenvalue weighted by molar-refractivity contribution is 5.97. The highest BCUT2D eigenvalue weighted by Gasteiger charge is 2.38. The third kappa shape index (κ3) is 6.62. The Morgan fingerprint density at radius 2 is 1.91 bits per heavy atom. The zero-order valence-corrected chi connectivity index (χ0v) is 20.8. The number of nitrogen functional groups attached to an aromatic ring is 1. The summed E-state index contributed by atoms with van der Waals surface area (Å²) >= 11 is 0. The molecule has 2 aromatic rings. The monoisotopic (exact) mass is 493 g/mol. The first-order valence-corrected chi connectivity index (χ1v) is 11.3. The van der Waals surface area contributed by atoms with Crippen LogP contribution in [0.4, 0.5) is 35.9 Å². The van der Waals surface area contributed by atoms with Gasteiger partial charge in [0.25, 0.3) is 0 Å². The predicted octanol–water partition coefficient (Wildman–Crippen LogP) is 3.21. The van der Waals surface area contributed by atoms with Crippen molar-refractivity contribution in [3.63, 3.8) is 0 Å². The van der Waals surface area contributed by atoms with Crippen LogP contribution in [-0.4, -0.2) is 78.1 Å². The molecular formula is C24H34F3N7O. The largest absolute Gasteiger partial charge is 0.494 e. The van der Waals surface area contributed by atoms with Crippen LogP contribution < -0.4 is 30.9 Å². The van der Waals surface area contributed by atoms with Gasteiger partial charge in [0.15, 0.2) is 5.96 Å². The number of nitrogens with zero attached hydrogens (tertiary/aromatic N) is 4. The number of guanidine groups is 1. The molecule has 0 spiro atoms. The number of halogens is 3. The summed E-state index contributed by atoms with van der Waals surface area (Å²) in [6, 6.07) is 10.7. The molecule has 0 radical (unpaired) electrons. The lowest BCUT2D eigenvalue weighted by Crippen LogP contribution is -2.51. The molecule has 1 aliphatic rings. The summed E-state index contributed by atoms with van der Waals surface area (Å²) in [5, 5.41) is 6.27. The fourth-order valence-electron chi connectivity index (χ4n) is 4.06. The predicted molar refractivity (Wildman–Crippen MR) is 137 cm³/mol. The molecule has 11 heteroatoms. The number of hydrogen-bond donors (Lipinski definition) is 3. The number of likely N-dealkylation sites (N-methyl/N-ethyl adjacent to an activating group) is 2. The molecule has 0 saturated heterocycles. The van der Waals surface area contributed by atoms with E-state index in [1.54, 1.807) is 32.4 Å². The number of fused-ring (bicyclic) bond motifs is 1. The maximum absolute atomic E-state index is 13.3. The molecule has 8 nitrogen and oxygen atoms in total. The highest BCUT2D eigenvalue weighted by Crippen LogP contribution is 2.36. The Morgan fingerprint density at radius 1 is 1.20 bits per heavy atom. The van der Waals surface area contributed by atoms with Crippen LogP contribution in [0.2, 0.25) is 0 Å². The standard InChI is InChI=1S/C24H34F3N7O/c1-29-23(31-22-12-16-8-6-7-9-19(16)34(22)15-24(25,26)27)30-18-13-17(28)20(14-21(18)35-5)33(4)11-10-32(2)3/h6-9,13-14,22H,10-12,15,28H2,1-5H3,(H2,29,30,31). The van der Waals surface area contributed by atoms with Crippen molar-refractivity contribution in [2.45, 2.75) is 18.8 Å². The van der Waals surface area contributed by atoms with Crippen molar-refractivity contribution in [1.82, 2.24) is 10.2 Å². The van der Waals surface area contributed by atoms with Gasteiger partial charge in [-0.15, -0.1) is 0 Å². The number of nitrogens with two attached hydrogens (primary N) is 1. The number of aliphatic imine (C=N–C) groups is 1. The minimum atomic E-state index is -4.35. The number of nitrogens with one attached hydrogen (secondary N) is 2. The second-order valence-electron chi connectivity index (χ2n) is 8.77. The van der Waals surface area contributed by atoms with E-state index in [1.807, 2.05) is 44.2 Å². The number of hydrogen-bond acceptors (Lipinski definition) is 6.